The molecule has 2 rings (SSSR count). The van der Waals surface area contributed by atoms with E-state index >= 15 is 0 Å². The molecule has 1 aliphatic carbocycles. The molecular weight excluding hydrogens is 198 g/mol. The predicted octanol–water partition coefficient (Wildman–Crippen LogP) is 3.87. The molecule has 0 radical (unpaired) electrons. The first-order chi connectivity index (χ1) is 7.79. The van der Waals surface area contributed by atoms with Crippen LogP contribution in [0.5, 0.6) is 0 Å². The molecule has 1 atom stereocenters. The molecule has 1 heterocycles. The van der Waals surface area contributed by atoms with E-state index in [4.69, 9.17) is 10.2 Å². The summed E-state index contributed by atoms with van der Waals surface area (Å²) in [5, 5.41) is 0. The molecule has 88 valence electrons. The van der Waals surface area contributed by atoms with E-state index in [1.165, 1.54) is 37.7 Å². The average Bonchev–Trinajstić information content (AvgIpc) is 2.63. The summed E-state index contributed by atoms with van der Waals surface area (Å²) >= 11 is 0. The van der Waals surface area contributed by atoms with Gasteiger partial charge in [0.15, 0.2) is 0 Å². The van der Waals surface area contributed by atoms with Crippen LogP contribution in [0.2, 0.25) is 0 Å². The molecule has 2 N–H and O–H groups in total. The van der Waals surface area contributed by atoms with Crippen LogP contribution in [0.1, 0.15) is 55.9 Å². The molecule has 2 heteroatoms. The maximum absolute atomic E-state index is 6.27. The number of hydrogen-bond donors (Lipinski definition) is 1. The summed E-state index contributed by atoms with van der Waals surface area (Å²) in [6.07, 6.45) is 11.6. The Kier molecular flexibility index (Phi) is 3.83. The molecule has 0 amide bonds. The SMILES string of the molecule is Cc1ccoc1C(N)/C1=C/CCCCCC1. The van der Waals surface area contributed by atoms with Crippen LogP contribution < -0.4 is 5.73 Å². The van der Waals surface area contributed by atoms with Crippen molar-refractivity contribution in [3.05, 3.63) is 35.3 Å². The molecule has 0 saturated heterocycles. The molecular formula is C14H21NO. The highest BCUT2D eigenvalue weighted by molar-refractivity contribution is 5.26. The van der Waals surface area contributed by atoms with Gasteiger partial charge in [-0.3, -0.25) is 0 Å². The van der Waals surface area contributed by atoms with Gasteiger partial charge in [0.25, 0.3) is 0 Å². The Bertz CT molecular complexity index is 365. The summed E-state index contributed by atoms with van der Waals surface area (Å²) in [7, 11) is 0. The van der Waals surface area contributed by atoms with Gasteiger partial charge in [0.2, 0.25) is 0 Å². The van der Waals surface area contributed by atoms with Crippen LogP contribution in [-0.4, -0.2) is 0 Å². The lowest BCUT2D eigenvalue weighted by Gasteiger charge is -2.17. The summed E-state index contributed by atoms with van der Waals surface area (Å²) in [6.45, 7) is 2.06. The van der Waals surface area contributed by atoms with Gasteiger partial charge < -0.3 is 10.2 Å². The molecule has 1 unspecified atom stereocenters. The number of nitrogens with two attached hydrogens (primary N) is 1. The molecule has 1 aliphatic rings. The van der Waals surface area contributed by atoms with Gasteiger partial charge in [-0.25, -0.2) is 0 Å². The van der Waals surface area contributed by atoms with E-state index in [9.17, 15) is 0 Å². The predicted molar refractivity (Wildman–Crippen MR) is 66.2 cm³/mol. The van der Waals surface area contributed by atoms with E-state index in [0.717, 1.165) is 17.7 Å². The molecule has 2 nitrogen and oxygen atoms in total. The topological polar surface area (TPSA) is 39.2 Å². The third-order valence-electron chi connectivity index (χ3n) is 3.41. The van der Waals surface area contributed by atoms with E-state index in [0.29, 0.717) is 0 Å². The molecule has 1 aromatic rings. The van der Waals surface area contributed by atoms with E-state index < -0.39 is 0 Å². The first kappa shape index (κ1) is 11.5. The lowest BCUT2D eigenvalue weighted by Crippen LogP contribution is -2.14. The van der Waals surface area contributed by atoms with Crippen molar-refractivity contribution in [3.8, 4) is 0 Å². The standard InChI is InChI=1S/C14H21NO/c1-11-9-10-16-14(11)13(15)12-7-5-3-2-4-6-8-12/h7,9-10,13H,2-6,8,15H2,1H3/b12-7+. The molecule has 1 aromatic heterocycles. The van der Waals surface area contributed by atoms with E-state index in [2.05, 4.69) is 13.0 Å². The van der Waals surface area contributed by atoms with Gasteiger partial charge in [0.1, 0.15) is 5.76 Å². The van der Waals surface area contributed by atoms with Crippen LogP contribution in [0.25, 0.3) is 0 Å². The smallest absolute Gasteiger partial charge is 0.127 e. The number of rotatable bonds is 2. The normalized spacial score (nSPS) is 23.0. The minimum atomic E-state index is -0.0342. The second kappa shape index (κ2) is 5.35. The maximum atomic E-state index is 6.27. The van der Waals surface area contributed by atoms with Crippen LogP contribution >= 0.6 is 0 Å². The van der Waals surface area contributed by atoms with Gasteiger partial charge >= 0.3 is 0 Å². The zero-order valence-corrected chi connectivity index (χ0v) is 10.0. The number of furan rings is 1. The van der Waals surface area contributed by atoms with Crippen molar-refractivity contribution < 1.29 is 4.42 Å². The Morgan fingerprint density at radius 3 is 2.81 bits per heavy atom. The largest absolute Gasteiger partial charge is 0.467 e. The fourth-order valence-electron chi connectivity index (χ4n) is 2.37. The van der Waals surface area contributed by atoms with Crippen molar-refractivity contribution in [1.29, 1.82) is 0 Å². The van der Waals surface area contributed by atoms with Gasteiger partial charge in [-0.2, -0.15) is 0 Å². The maximum Gasteiger partial charge on any atom is 0.127 e. The van der Waals surface area contributed by atoms with Crippen molar-refractivity contribution >= 4 is 0 Å². The lowest BCUT2D eigenvalue weighted by atomic mass is 9.93. The van der Waals surface area contributed by atoms with Crippen molar-refractivity contribution in [2.24, 2.45) is 5.73 Å². The molecule has 16 heavy (non-hydrogen) atoms. The van der Waals surface area contributed by atoms with Crippen molar-refractivity contribution in [1.82, 2.24) is 0 Å². The third-order valence-corrected chi connectivity index (χ3v) is 3.41. The quantitative estimate of drug-likeness (QED) is 0.767. The summed E-state index contributed by atoms with van der Waals surface area (Å²) in [4.78, 5) is 0. The Morgan fingerprint density at radius 2 is 2.06 bits per heavy atom. The van der Waals surface area contributed by atoms with Gasteiger partial charge in [0, 0.05) is 0 Å². The van der Waals surface area contributed by atoms with Crippen LogP contribution in [-0.2, 0) is 0 Å². The van der Waals surface area contributed by atoms with Crippen LogP contribution in [0.4, 0.5) is 0 Å². The average molecular weight is 219 g/mol. The van der Waals surface area contributed by atoms with E-state index in [-0.39, 0.29) is 6.04 Å². The highest BCUT2D eigenvalue weighted by Crippen LogP contribution is 2.28. The molecule has 0 spiro atoms. The van der Waals surface area contributed by atoms with Crippen LogP contribution in [0.3, 0.4) is 0 Å². The zero-order chi connectivity index (χ0) is 11.4. The van der Waals surface area contributed by atoms with E-state index in [1.807, 2.05) is 6.07 Å². The van der Waals surface area contributed by atoms with E-state index in [1.54, 1.807) is 6.26 Å². The molecule has 0 aliphatic heterocycles. The summed E-state index contributed by atoms with van der Waals surface area (Å²) < 4.78 is 5.49. The van der Waals surface area contributed by atoms with Crippen molar-refractivity contribution in [2.75, 3.05) is 0 Å². The fraction of sp³-hybridized carbons (Fsp3) is 0.571. The highest BCUT2D eigenvalue weighted by Gasteiger charge is 2.17. The van der Waals surface area contributed by atoms with Gasteiger partial charge in [-0.15, -0.1) is 0 Å². The summed E-state index contributed by atoms with van der Waals surface area (Å²) in [6, 6.07) is 1.95. The summed E-state index contributed by atoms with van der Waals surface area (Å²) in [5.41, 5.74) is 8.79. The minimum Gasteiger partial charge on any atom is -0.467 e. The first-order valence-electron chi connectivity index (χ1n) is 6.27. The first-order valence-corrected chi connectivity index (χ1v) is 6.27. The number of allylic oxidation sites excluding steroid dienone is 1. The molecule has 0 fully saturated rings. The summed E-state index contributed by atoms with van der Waals surface area (Å²) in [5.74, 6) is 0.937. The molecule has 0 saturated carbocycles. The zero-order valence-electron chi connectivity index (χ0n) is 10.0. The second-order valence-corrected chi connectivity index (χ2v) is 4.68. The number of hydrogen-bond acceptors (Lipinski definition) is 2. The van der Waals surface area contributed by atoms with Gasteiger partial charge in [-0.05, 0) is 49.8 Å². The van der Waals surface area contributed by atoms with Crippen molar-refractivity contribution in [3.63, 3.8) is 0 Å². The van der Waals surface area contributed by atoms with Crippen molar-refractivity contribution in [2.45, 2.75) is 51.5 Å². The monoisotopic (exact) mass is 219 g/mol. The van der Waals surface area contributed by atoms with Crippen LogP contribution in [0, 0.1) is 6.92 Å². The van der Waals surface area contributed by atoms with Gasteiger partial charge in [0.05, 0.1) is 12.3 Å². The molecule has 0 bridgehead atoms. The molecule has 0 aromatic carbocycles. The number of aryl methyl sites for hydroxylation is 1. The highest BCUT2D eigenvalue weighted by atomic mass is 16.3. The lowest BCUT2D eigenvalue weighted by molar-refractivity contribution is 0.474. The Morgan fingerprint density at radius 1 is 1.25 bits per heavy atom. The Balaban J connectivity index is 2.13. The third kappa shape index (κ3) is 2.56. The Labute approximate surface area is 97.5 Å². The van der Waals surface area contributed by atoms with Gasteiger partial charge in [-0.1, -0.05) is 18.9 Å². The second-order valence-electron chi connectivity index (χ2n) is 4.68. The fourth-order valence-corrected chi connectivity index (χ4v) is 2.37. The minimum absolute atomic E-state index is 0.0342. The Hall–Kier alpha value is -1.02. The van der Waals surface area contributed by atoms with Crippen LogP contribution in [0.15, 0.2) is 28.4 Å².